The van der Waals surface area contributed by atoms with Gasteiger partial charge in [-0.3, -0.25) is 14.6 Å². The average molecular weight is 435 g/mol. The zero-order valence-corrected chi connectivity index (χ0v) is 18.9. The Balaban J connectivity index is 1.58. The zero-order valence-electron chi connectivity index (χ0n) is 18.9. The Bertz CT molecular complexity index is 1130. The van der Waals surface area contributed by atoms with Gasteiger partial charge < -0.3 is 21.5 Å². The van der Waals surface area contributed by atoms with Crippen molar-refractivity contribution in [3.8, 4) is 5.75 Å². The first-order valence-corrected chi connectivity index (χ1v) is 10.6. The molecule has 0 saturated carbocycles. The normalized spacial score (nSPS) is 12.4. The fraction of sp³-hybridized carbons (Fsp3) is 0.320. The lowest BCUT2D eigenvalue weighted by atomic mass is 9.93. The van der Waals surface area contributed by atoms with Crippen molar-refractivity contribution >= 4 is 22.7 Å². The number of amides is 2. The third-order valence-corrected chi connectivity index (χ3v) is 5.38. The summed E-state index contributed by atoms with van der Waals surface area (Å²) in [4.78, 5) is 29.5. The number of hydrogen-bond acceptors (Lipinski definition) is 5. The van der Waals surface area contributed by atoms with Gasteiger partial charge in [0, 0.05) is 30.6 Å². The molecule has 3 aromatic rings. The molecule has 2 amide bonds. The Labute approximate surface area is 188 Å². The maximum Gasteiger partial charge on any atom is 0.252 e. The molecule has 1 unspecified atom stereocenters. The van der Waals surface area contributed by atoms with E-state index in [2.05, 4.69) is 15.6 Å². The summed E-state index contributed by atoms with van der Waals surface area (Å²) in [5.74, 6) is -0.285. The number of nitrogens with two attached hydrogens (primary N) is 1. The van der Waals surface area contributed by atoms with Crippen LogP contribution in [0.4, 0.5) is 0 Å². The van der Waals surface area contributed by atoms with E-state index in [1.165, 1.54) is 0 Å². The first-order chi connectivity index (χ1) is 15.1. The molecular weight excluding hydrogens is 404 g/mol. The molecule has 0 aliphatic rings. The van der Waals surface area contributed by atoms with Crippen LogP contribution in [0.5, 0.6) is 5.75 Å². The third-order valence-electron chi connectivity index (χ3n) is 5.38. The fourth-order valence-corrected chi connectivity index (χ4v) is 3.91. The Kier molecular flexibility index (Phi) is 6.79. The number of hydrogen-bond donors (Lipinski definition) is 4. The third kappa shape index (κ3) is 5.62. The lowest BCUT2D eigenvalue weighted by Gasteiger charge is -2.28. The van der Waals surface area contributed by atoms with Crippen molar-refractivity contribution in [1.82, 2.24) is 15.6 Å². The molecule has 1 aromatic heterocycles. The molecule has 0 radical (unpaired) electrons. The number of carbonyl (C=O) groups is 2. The molecule has 5 N–H and O–H groups in total. The minimum Gasteiger partial charge on any atom is -0.508 e. The molecule has 7 nitrogen and oxygen atoms in total. The predicted molar refractivity (Wildman–Crippen MR) is 125 cm³/mol. The Morgan fingerprint density at radius 3 is 2.47 bits per heavy atom. The molecule has 3 rings (SSSR count). The second kappa shape index (κ2) is 9.36. The molecule has 0 aliphatic carbocycles. The maximum atomic E-state index is 12.6. The summed E-state index contributed by atoms with van der Waals surface area (Å²) in [7, 11) is 0. The second-order valence-corrected chi connectivity index (χ2v) is 8.84. The number of rotatable bonds is 7. The highest BCUT2D eigenvalue weighted by Gasteiger charge is 2.24. The molecule has 0 fully saturated rings. The number of nitrogens with one attached hydrogen (secondary N) is 2. The number of aromatic nitrogens is 1. The smallest absolute Gasteiger partial charge is 0.252 e. The van der Waals surface area contributed by atoms with Crippen LogP contribution in [-0.4, -0.2) is 34.0 Å². The van der Waals surface area contributed by atoms with Crippen LogP contribution < -0.4 is 16.4 Å². The molecule has 32 heavy (non-hydrogen) atoms. The van der Waals surface area contributed by atoms with Gasteiger partial charge in [0.1, 0.15) is 5.75 Å². The summed E-state index contributed by atoms with van der Waals surface area (Å²) >= 11 is 0. The molecule has 0 aliphatic heterocycles. The van der Waals surface area contributed by atoms with Gasteiger partial charge in [-0.15, -0.1) is 0 Å². The Hall–Kier alpha value is -3.45. The van der Waals surface area contributed by atoms with Gasteiger partial charge in [-0.05, 0) is 68.7 Å². The second-order valence-electron chi connectivity index (χ2n) is 8.84. The van der Waals surface area contributed by atoms with Crippen molar-refractivity contribution in [2.24, 2.45) is 5.73 Å². The Morgan fingerprint density at radius 2 is 1.78 bits per heavy atom. The molecule has 168 valence electrons. The van der Waals surface area contributed by atoms with Gasteiger partial charge in [-0.2, -0.15) is 0 Å². The number of fused-ring (bicyclic) bond motifs is 1. The maximum absolute atomic E-state index is 12.6. The van der Waals surface area contributed by atoms with E-state index in [1.54, 1.807) is 24.4 Å². The van der Waals surface area contributed by atoms with Gasteiger partial charge >= 0.3 is 0 Å². The summed E-state index contributed by atoms with van der Waals surface area (Å²) < 4.78 is 0. The van der Waals surface area contributed by atoms with Crippen LogP contribution in [0, 0.1) is 13.8 Å². The molecule has 1 atom stereocenters. The van der Waals surface area contributed by atoms with E-state index < -0.39 is 11.6 Å². The predicted octanol–water partition coefficient (Wildman–Crippen LogP) is 3.27. The summed E-state index contributed by atoms with van der Waals surface area (Å²) in [6, 6.07) is 12.2. The van der Waals surface area contributed by atoms with E-state index in [0.29, 0.717) is 5.56 Å². The Morgan fingerprint density at radius 1 is 1.12 bits per heavy atom. The number of phenols is 1. The number of carbonyl (C=O) groups excluding carboxylic acids is 2. The SMILES string of the molecule is Cc1cc(O)cc(C)c1C(N)CC(=O)NC(C)(C)CNC(=O)c1cnc2ccccc2c1. The molecule has 1 heterocycles. The highest BCUT2D eigenvalue weighted by atomic mass is 16.3. The van der Waals surface area contributed by atoms with Crippen LogP contribution in [0.1, 0.15) is 53.4 Å². The van der Waals surface area contributed by atoms with Gasteiger partial charge in [0.25, 0.3) is 5.91 Å². The van der Waals surface area contributed by atoms with Gasteiger partial charge in [0.05, 0.1) is 16.6 Å². The van der Waals surface area contributed by atoms with E-state index in [9.17, 15) is 14.7 Å². The van der Waals surface area contributed by atoms with Crippen LogP contribution in [0.3, 0.4) is 0 Å². The van der Waals surface area contributed by atoms with Gasteiger partial charge in [0.15, 0.2) is 0 Å². The fourth-order valence-electron chi connectivity index (χ4n) is 3.91. The summed E-state index contributed by atoms with van der Waals surface area (Å²) in [5.41, 5.74) is 9.46. The summed E-state index contributed by atoms with van der Waals surface area (Å²) in [5, 5.41) is 16.4. The van der Waals surface area contributed by atoms with Crippen LogP contribution in [-0.2, 0) is 4.79 Å². The lowest BCUT2D eigenvalue weighted by molar-refractivity contribution is -0.123. The average Bonchev–Trinajstić information content (AvgIpc) is 2.70. The lowest BCUT2D eigenvalue weighted by Crippen LogP contribution is -2.51. The van der Waals surface area contributed by atoms with Gasteiger partial charge in [0.2, 0.25) is 5.91 Å². The number of aryl methyl sites for hydroxylation is 2. The van der Waals surface area contributed by atoms with Crippen molar-refractivity contribution < 1.29 is 14.7 Å². The van der Waals surface area contributed by atoms with Crippen LogP contribution in [0.15, 0.2) is 48.7 Å². The van der Waals surface area contributed by atoms with Crippen LogP contribution in [0.25, 0.3) is 10.9 Å². The van der Waals surface area contributed by atoms with E-state index in [-0.39, 0.29) is 30.5 Å². The summed E-state index contributed by atoms with van der Waals surface area (Å²) in [6.07, 6.45) is 1.64. The monoisotopic (exact) mass is 434 g/mol. The molecule has 0 bridgehead atoms. The number of aromatic hydroxyl groups is 1. The van der Waals surface area contributed by atoms with Crippen LogP contribution >= 0.6 is 0 Å². The quantitative estimate of drug-likeness (QED) is 0.455. The highest BCUT2D eigenvalue weighted by Crippen LogP contribution is 2.27. The van der Waals surface area contributed by atoms with Gasteiger partial charge in [-0.1, -0.05) is 18.2 Å². The minimum absolute atomic E-state index is 0.0957. The standard InChI is InChI=1S/C25H30N4O3/c1-15-9-19(30)10-16(2)23(15)20(26)12-22(31)29-25(3,4)14-28-24(32)18-11-17-7-5-6-8-21(17)27-13-18/h5-11,13,20,30H,12,14,26H2,1-4H3,(H,28,32)(H,29,31). The summed E-state index contributed by atoms with van der Waals surface area (Å²) in [6.45, 7) is 7.65. The first-order valence-electron chi connectivity index (χ1n) is 10.6. The van der Waals surface area contributed by atoms with Crippen molar-refractivity contribution in [3.63, 3.8) is 0 Å². The molecule has 2 aromatic carbocycles. The molecule has 7 heteroatoms. The highest BCUT2D eigenvalue weighted by molar-refractivity contribution is 5.97. The van der Waals surface area contributed by atoms with E-state index in [1.807, 2.05) is 52.0 Å². The van der Waals surface area contributed by atoms with E-state index in [0.717, 1.165) is 27.6 Å². The van der Waals surface area contributed by atoms with Crippen molar-refractivity contribution in [2.45, 2.75) is 45.7 Å². The van der Waals surface area contributed by atoms with E-state index >= 15 is 0 Å². The zero-order chi connectivity index (χ0) is 23.5. The van der Waals surface area contributed by atoms with Crippen molar-refractivity contribution in [2.75, 3.05) is 6.54 Å². The van der Waals surface area contributed by atoms with Crippen molar-refractivity contribution in [1.29, 1.82) is 0 Å². The first kappa shape index (κ1) is 23.2. The topological polar surface area (TPSA) is 117 Å². The number of benzene rings is 2. The van der Waals surface area contributed by atoms with Gasteiger partial charge in [-0.25, -0.2) is 0 Å². The number of phenolic OH excluding ortho intramolecular Hbond substituents is 1. The number of para-hydroxylation sites is 1. The van der Waals surface area contributed by atoms with E-state index in [4.69, 9.17) is 5.73 Å². The minimum atomic E-state index is -0.671. The molecular formula is C25H30N4O3. The number of pyridine rings is 1. The van der Waals surface area contributed by atoms with Crippen LogP contribution in [0.2, 0.25) is 0 Å². The van der Waals surface area contributed by atoms with Crippen molar-refractivity contribution in [3.05, 3.63) is 70.9 Å². The largest absolute Gasteiger partial charge is 0.508 e. The number of nitrogens with zero attached hydrogens (tertiary/aromatic N) is 1. The molecule has 0 spiro atoms. The molecule has 0 saturated heterocycles.